The molecule has 0 fully saturated rings. The predicted octanol–water partition coefficient (Wildman–Crippen LogP) is 4.02. The molecule has 1 rings (SSSR count). The first-order valence-electron chi connectivity index (χ1n) is 4.63. The van der Waals surface area contributed by atoms with Crippen LogP contribution in [0.1, 0.15) is 30.1 Å². The van der Waals surface area contributed by atoms with E-state index in [1.807, 2.05) is 6.92 Å². The van der Waals surface area contributed by atoms with Crippen molar-refractivity contribution in [1.82, 2.24) is 0 Å². The van der Waals surface area contributed by atoms with Gasteiger partial charge in [0.25, 0.3) is 0 Å². The quantitative estimate of drug-likeness (QED) is 0.560. The molecule has 0 saturated carbocycles. The maximum atomic E-state index is 13.3. The molecule has 0 unspecified atom stereocenters. The molecular weight excluding hydrogens is 215 g/mol. The smallest absolute Gasteiger partial charge is 0.166 e. The number of benzene rings is 1. The highest BCUT2D eigenvalue weighted by molar-refractivity contribution is 6.30. The number of halogens is 2. The lowest BCUT2D eigenvalue weighted by molar-refractivity contribution is 0.0979. The first-order valence-corrected chi connectivity index (χ1v) is 5.01. The molecule has 3 heteroatoms. The van der Waals surface area contributed by atoms with Gasteiger partial charge < -0.3 is 0 Å². The van der Waals surface area contributed by atoms with Gasteiger partial charge in [0.2, 0.25) is 0 Å². The van der Waals surface area contributed by atoms with E-state index in [9.17, 15) is 9.18 Å². The molecule has 1 aromatic rings. The first-order chi connectivity index (χ1) is 7.00. The third kappa shape index (κ3) is 3.48. The molecule has 0 aliphatic carbocycles. The maximum Gasteiger partial charge on any atom is 0.166 e. The molecular formula is C12H12ClFO. The monoisotopic (exact) mass is 226 g/mol. The molecule has 80 valence electrons. The third-order valence-corrected chi connectivity index (χ3v) is 2.25. The Hall–Kier alpha value is -1.15. The summed E-state index contributed by atoms with van der Waals surface area (Å²) in [4.78, 5) is 11.6. The second kappa shape index (κ2) is 5.08. The fourth-order valence-electron chi connectivity index (χ4n) is 1.18. The minimum atomic E-state index is -0.561. The minimum absolute atomic E-state index is 0.0978. The SMILES string of the molecule is C=C(C)CCC(=O)c1ccc(Cl)cc1F. The van der Waals surface area contributed by atoms with Crippen LogP contribution in [0.25, 0.3) is 0 Å². The molecule has 1 nitrogen and oxygen atoms in total. The summed E-state index contributed by atoms with van der Waals surface area (Å²) in [5, 5.41) is 0.295. The van der Waals surface area contributed by atoms with Gasteiger partial charge >= 0.3 is 0 Å². The highest BCUT2D eigenvalue weighted by Crippen LogP contribution is 2.17. The first kappa shape index (κ1) is 11.9. The lowest BCUT2D eigenvalue weighted by Gasteiger charge is -2.02. The maximum absolute atomic E-state index is 13.3. The van der Waals surface area contributed by atoms with Gasteiger partial charge in [0.05, 0.1) is 5.56 Å². The zero-order chi connectivity index (χ0) is 11.4. The van der Waals surface area contributed by atoms with Gasteiger partial charge in [-0.25, -0.2) is 4.39 Å². The lowest BCUT2D eigenvalue weighted by atomic mass is 10.0. The van der Waals surface area contributed by atoms with Crippen LogP contribution in [0, 0.1) is 5.82 Å². The van der Waals surface area contributed by atoms with Crippen LogP contribution in [0.15, 0.2) is 30.4 Å². The van der Waals surface area contributed by atoms with E-state index in [0.717, 1.165) is 11.6 Å². The van der Waals surface area contributed by atoms with Crippen LogP contribution >= 0.6 is 11.6 Å². The second-order valence-electron chi connectivity index (χ2n) is 3.50. The summed E-state index contributed by atoms with van der Waals surface area (Å²) < 4.78 is 13.3. The fourth-order valence-corrected chi connectivity index (χ4v) is 1.34. The van der Waals surface area contributed by atoms with E-state index in [2.05, 4.69) is 6.58 Å². The zero-order valence-corrected chi connectivity index (χ0v) is 9.27. The molecule has 1 aromatic carbocycles. The summed E-state index contributed by atoms with van der Waals surface area (Å²) in [6, 6.07) is 4.08. The summed E-state index contributed by atoms with van der Waals surface area (Å²) in [6.07, 6.45) is 0.870. The van der Waals surface area contributed by atoms with Crippen molar-refractivity contribution < 1.29 is 9.18 Å². The number of allylic oxidation sites excluding steroid dienone is 1. The molecule has 0 radical (unpaired) electrons. The van der Waals surface area contributed by atoms with Gasteiger partial charge in [0.1, 0.15) is 5.82 Å². The Kier molecular flexibility index (Phi) is 4.04. The van der Waals surface area contributed by atoms with Crippen LogP contribution in [0.2, 0.25) is 5.02 Å². The van der Waals surface area contributed by atoms with Crippen LogP contribution in [0.3, 0.4) is 0 Å². The average molecular weight is 227 g/mol. The zero-order valence-electron chi connectivity index (χ0n) is 8.52. The van der Waals surface area contributed by atoms with Crippen LogP contribution in [-0.2, 0) is 0 Å². The van der Waals surface area contributed by atoms with Crippen molar-refractivity contribution in [2.24, 2.45) is 0 Å². The molecule has 0 heterocycles. The Labute approximate surface area is 93.6 Å². The van der Waals surface area contributed by atoms with Gasteiger partial charge in [0.15, 0.2) is 5.78 Å². The molecule has 0 aromatic heterocycles. The Balaban J connectivity index is 2.78. The number of hydrogen-bond donors (Lipinski definition) is 0. The van der Waals surface area contributed by atoms with Gasteiger partial charge in [-0.3, -0.25) is 4.79 Å². The normalized spacial score (nSPS) is 10.1. The largest absolute Gasteiger partial charge is 0.294 e. The van der Waals surface area contributed by atoms with Crippen LogP contribution in [-0.4, -0.2) is 5.78 Å². The van der Waals surface area contributed by atoms with E-state index in [0.29, 0.717) is 11.4 Å². The standard InChI is InChI=1S/C12H12ClFO/c1-8(2)3-6-12(15)10-5-4-9(13)7-11(10)14/h4-5,7H,1,3,6H2,2H3. The van der Waals surface area contributed by atoms with E-state index in [1.165, 1.54) is 12.1 Å². The van der Waals surface area contributed by atoms with Crippen molar-refractivity contribution in [3.05, 3.63) is 46.8 Å². The highest BCUT2D eigenvalue weighted by Gasteiger charge is 2.11. The molecule has 0 atom stereocenters. The number of carbonyl (C=O) groups excluding carboxylic acids is 1. The van der Waals surface area contributed by atoms with Crippen LogP contribution in [0.5, 0.6) is 0 Å². The summed E-state index contributed by atoms with van der Waals surface area (Å²) in [6.45, 7) is 5.53. The number of ketones is 1. The Morgan fingerprint density at radius 1 is 1.47 bits per heavy atom. The number of rotatable bonds is 4. The van der Waals surface area contributed by atoms with E-state index in [4.69, 9.17) is 11.6 Å². The summed E-state index contributed by atoms with van der Waals surface area (Å²) in [7, 11) is 0. The van der Waals surface area contributed by atoms with Gasteiger partial charge in [-0.2, -0.15) is 0 Å². The topological polar surface area (TPSA) is 17.1 Å². The molecule has 0 aliphatic rings. The van der Waals surface area contributed by atoms with Crippen molar-refractivity contribution in [2.75, 3.05) is 0 Å². The van der Waals surface area contributed by atoms with Crippen molar-refractivity contribution in [3.8, 4) is 0 Å². The fraction of sp³-hybridized carbons (Fsp3) is 0.250. The van der Waals surface area contributed by atoms with Crippen LogP contribution in [0.4, 0.5) is 4.39 Å². The number of carbonyl (C=O) groups is 1. The molecule has 0 N–H and O–H groups in total. The summed E-state index contributed by atoms with van der Waals surface area (Å²) in [5.41, 5.74) is 1.01. The van der Waals surface area contributed by atoms with Crippen molar-refractivity contribution in [1.29, 1.82) is 0 Å². The molecule has 0 spiro atoms. The van der Waals surface area contributed by atoms with E-state index in [-0.39, 0.29) is 17.8 Å². The molecule has 0 bridgehead atoms. The van der Waals surface area contributed by atoms with Gasteiger partial charge in [-0.05, 0) is 31.5 Å². The molecule has 0 aliphatic heterocycles. The van der Waals surface area contributed by atoms with E-state index in [1.54, 1.807) is 0 Å². The third-order valence-electron chi connectivity index (χ3n) is 2.01. The average Bonchev–Trinajstić information content (AvgIpc) is 2.14. The molecule has 15 heavy (non-hydrogen) atoms. The molecule has 0 amide bonds. The van der Waals surface area contributed by atoms with Crippen LogP contribution < -0.4 is 0 Å². The Morgan fingerprint density at radius 2 is 2.13 bits per heavy atom. The summed E-state index contributed by atoms with van der Waals surface area (Å²) >= 11 is 5.58. The Bertz CT molecular complexity index is 399. The minimum Gasteiger partial charge on any atom is -0.294 e. The van der Waals surface area contributed by atoms with Gasteiger partial charge in [-0.1, -0.05) is 17.2 Å². The van der Waals surface area contributed by atoms with E-state index >= 15 is 0 Å². The van der Waals surface area contributed by atoms with E-state index < -0.39 is 5.82 Å². The number of Topliss-reactive ketones (excluding diaryl/α,β-unsaturated/α-hetero) is 1. The van der Waals surface area contributed by atoms with Crippen molar-refractivity contribution >= 4 is 17.4 Å². The highest BCUT2D eigenvalue weighted by atomic mass is 35.5. The van der Waals surface area contributed by atoms with Gasteiger partial charge in [0, 0.05) is 11.4 Å². The van der Waals surface area contributed by atoms with Crippen molar-refractivity contribution in [3.63, 3.8) is 0 Å². The second-order valence-corrected chi connectivity index (χ2v) is 3.94. The van der Waals surface area contributed by atoms with Crippen molar-refractivity contribution in [2.45, 2.75) is 19.8 Å². The lowest BCUT2D eigenvalue weighted by Crippen LogP contribution is -2.02. The summed E-state index contributed by atoms with van der Waals surface area (Å²) in [5.74, 6) is -0.776. The predicted molar refractivity (Wildman–Crippen MR) is 59.8 cm³/mol. The molecule has 0 saturated heterocycles. The number of hydrogen-bond acceptors (Lipinski definition) is 1. The Morgan fingerprint density at radius 3 is 2.67 bits per heavy atom. The van der Waals surface area contributed by atoms with Gasteiger partial charge in [-0.15, -0.1) is 6.58 Å².